The maximum Gasteiger partial charge on any atom is 0.244 e. The number of rotatable bonds is 7. The minimum absolute atomic E-state index is 0.222. The molecular weight excluding hydrogens is 438 g/mol. The van der Waals surface area contributed by atoms with Crippen LogP contribution in [0.25, 0.3) is 10.6 Å². The highest BCUT2D eigenvalue weighted by Crippen LogP contribution is 2.28. The van der Waals surface area contributed by atoms with Crippen molar-refractivity contribution in [2.75, 3.05) is 26.3 Å². The molecule has 6 nitrogen and oxygen atoms in total. The highest BCUT2D eigenvalue weighted by molar-refractivity contribution is 7.98. The van der Waals surface area contributed by atoms with Crippen LogP contribution in [0, 0.1) is 0 Å². The number of morpholine rings is 1. The average Bonchev–Trinajstić information content (AvgIpc) is 3.28. The molecule has 0 radical (unpaired) electrons. The maximum absolute atomic E-state index is 12.7. The molecule has 0 aliphatic carbocycles. The first-order valence-corrected chi connectivity index (χ1v) is 13.1. The first-order valence-electron chi connectivity index (χ1n) is 9.77. The molecule has 1 aromatic carbocycles. The van der Waals surface area contributed by atoms with Gasteiger partial charge in [0.2, 0.25) is 10.0 Å². The number of pyridine rings is 1. The molecule has 0 bridgehead atoms. The molecule has 0 N–H and O–H groups in total. The number of benzene rings is 1. The fraction of sp³-hybridized carbons (Fsp3) is 0.333. The van der Waals surface area contributed by atoms with E-state index in [4.69, 9.17) is 9.72 Å². The van der Waals surface area contributed by atoms with Gasteiger partial charge in [0, 0.05) is 36.0 Å². The molecule has 2 aromatic heterocycles. The van der Waals surface area contributed by atoms with Crippen LogP contribution in [0.1, 0.15) is 18.2 Å². The van der Waals surface area contributed by atoms with Crippen LogP contribution in [-0.2, 0) is 26.9 Å². The van der Waals surface area contributed by atoms with Gasteiger partial charge in [-0.3, -0.25) is 0 Å². The molecule has 1 aliphatic rings. The highest BCUT2D eigenvalue weighted by atomic mass is 32.2. The smallest absolute Gasteiger partial charge is 0.244 e. The van der Waals surface area contributed by atoms with Crippen molar-refractivity contribution in [3.8, 4) is 10.6 Å². The van der Waals surface area contributed by atoms with Crippen LogP contribution in [0.2, 0.25) is 0 Å². The summed E-state index contributed by atoms with van der Waals surface area (Å²) in [5, 5.41) is 3.85. The molecular formula is C21H23N3O3S3. The van der Waals surface area contributed by atoms with Crippen LogP contribution >= 0.6 is 23.1 Å². The number of hydrogen-bond donors (Lipinski definition) is 0. The van der Waals surface area contributed by atoms with Gasteiger partial charge in [0.1, 0.15) is 9.90 Å². The number of nitrogens with zero attached hydrogens (tertiary/aromatic N) is 3. The molecule has 3 heterocycles. The van der Waals surface area contributed by atoms with Crippen molar-refractivity contribution in [3.63, 3.8) is 0 Å². The second-order valence-electron chi connectivity index (χ2n) is 6.83. The van der Waals surface area contributed by atoms with E-state index in [1.165, 1.54) is 16.1 Å². The van der Waals surface area contributed by atoms with Gasteiger partial charge in [-0.2, -0.15) is 4.31 Å². The minimum Gasteiger partial charge on any atom is -0.379 e. The van der Waals surface area contributed by atoms with Crippen LogP contribution in [0.3, 0.4) is 0 Å². The van der Waals surface area contributed by atoms with Crippen molar-refractivity contribution >= 4 is 33.1 Å². The normalized spacial score (nSPS) is 15.4. The molecule has 9 heteroatoms. The molecule has 1 saturated heterocycles. The standard InChI is InChI=1S/C21H23N3O3S3/c1-2-16-3-5-17(6-4-16)21-23-18(15-29-21)14-28-20-8-7-19(13-22-20)30(25,26)24-9-11-27-12-10-24/h3-8,13,15H,2,9-12,14H2,1H3. The number of sulfonamides is 1. The lowest BCUT2D eigenvalue weighted by molar-refractivity contribution is 0.0730. The van der Waals surface area contributed by atoms with E-state index in [1.54, 1.807) is 35.2 Å². The van der Waals surface area contributed by atoms with Crippen molar-refractivity contribution in [1.82, 2.24) is 14.3 Å². The second-order valence-corrected chi connectivity index (χ2v) is 10.6. The van der Waals surface area contributed by atoms with Gasteiger partial charge >= 0.3 is 0 Å². The Labute approximate surface area is 185 Å². The van der Waals surface area contributed by atoms with E-state index in [0.29, 0.717) is 32.1 Å². The molecule has 0 amide bonds. The van der Waals surface area contributed by atoms with Crippen LogP contribution in [-0.4, -0.2) is 49.0 Å². The van der Waals surface area contributed by atoms with Gasteiger partial charge in [-0.25, -0.2) is 18.4 Å². The van der Waals surface area contributed by atoms with E-state index in [9.17, 15) is 8.42 Å². The summed E-state index contributed by atoms with van der Waals surface area (Å²) in [6.45, 7) is 3.77. The zero-order chi connectivity index (χ0) is 21.0. The Hall–Kier alpha value is -1.78. The summed E-state index contributed by atoms with van der Waals surface area (Å²) in [5.41, 5.74) is 3.44. The summed E-state index contributed by atoms with van der Waals surface area (Å²) in [7, 11) is -3.51. The summed E-state index contributed by atoms with van der Waals surface area (Å²) in [6, 6.07) is 11.9. The highest BCUT2D eigenvalue weighted by Gasteiger charge is 2.26. The second kappa shape index (κ2) is 9.57. The number of aryl methyl sites for hydroxylation is 1. The number of thioether (sulfide) groups is 1. The molecule has 3 aromatic rings. The van der Waals surface area contributed by atoms with Crippen LogP contribution in [0.15, 0.2) is 57.9 Å². The van der Waals surface area contributed by atoms with Crippen LogP contribution in [0.4, 0.5) is 0 Å². The van der Waals surface area contributed by atoms with E-state index in [0.717, 1.165) is 27.7 Å². The predicted octanol–water partition coefficient (Wildman–Crippen LogP) is 4.08. The Morgan fingerprint density at radius 2 is 1.90 bits per heavy atom. The fourth-order valence-corrected chi connectivity index (χ4v) is 6.10. The minimum atomic E-state index is -3.51. The molecule has 0 unspecified atom stereocenters. The fourth-order valence-electron chi connectivity index (χ4n) is 3.08. The lowest BCUT2D eigenvalue weighted by Gasteiger charge is -2.25. The summed E-state index contributed by atoms with van der Waals surface area (Å²) in [5.74, 6) is 0.687. The Morgan fingerprint density at radius 3 is 2.57 bits per heavy atom. The summed E-state index contributed by atoms with van der Waals surface area (Å²) in [6.07, 6.45) is 2.47. The summed E-state index contributed by atoms with van der Waals surface area (Å²) >= 11 is 3.18. The van der Waals surface area contributed by atoms with Crippen molar-refractivity contribution in [3.05, 3.63) is 59.2 Å². The lowest BCUT2D eigenvalue weighted by Crippen LogP contribution is -2.40. The lowest BCUT2D eigenvalue weighted by atomic mass is 10.1. The van der Waals surface area contributed by atoms with Crippen molar-refractivity contribution in [2.45, 2.75) is 29.0 Å². The molecule has 1 fully saturated rings. The molecule has 4 rings (SSSR count). The topological polar surface area (TPSA) is 72.4 Å². The zero-order valence-electron chi connectivity index (χ0n) is 16.7. The van der Waals surface area contributed by atoms with Crippen LogP contribution < -0.4 is 0 Å². The predicted molar refractivity (Wildman–Crippen MR) is 120 cm³/mol. The SMILES string of the molecule is CCc1ccc(-c2nc(CSc3ccc(S(=O)(=O)N4CCOCC4)cn3)cs2)cc1. The van der Waals surface area contributed by atoms with Gasteiger partial charge in [0.25, 0.3) is 0 Å². The van der Waals surface area contributed by atoms with E-state index in [-0.39, 0.29) is 4.90 Å². The number of hydrogen-bond acceptors (Lipinski definition) is 7. The van der Waals surface area contributed by atoms with Crippen molar-refractivity contribution in [1.29, 1.82) is 0 Å². The van der Waals surface area contributed by atoms with Gasteiger partial charge in [0.15, 0.2) is 0 Å². The monoisotopic (exact) mass is 461 g/mol. The van der Waals surface area contributed by atoms with Gasteiger partial charge in [-0.05, 0) is 24.1 Å². The Morgan fingerprint density at radius 1 is 1.13 bits per heavy atom. The first-order chi connectivity index (χ1) is 14.6. The third-order valence-electron chi connectivity index (χ3n) is 4.85. The van der Waals surface area contributed by atoms with Gasteiger partial charge in [0.05, 0.1) is 23.9 Å². The zero-order valence-corrected chi connectivity index (χ0v) is 19.1. The third kappa shape index (κ3) is 4.92. The Bertz CT molecular complexity index is 1070. The number of ether oxygens (including phenoxy) is 1. The number of thiazole rings is 1. The van der Waals surface area contributed by atoms with Crippen molar-refractivity contribution in [2.24, 2.45) is 0 Å². The van der Waals surface area contributed by atoms with E-state index in [2.05, 4.69) is 41.6 Å². The van der Waals surface area contributed by atoms with E-state index >= 15 is 0 Å². The van der Waals surface area contributed by atoms with Gasteiger partial charge < -0.3 is 4.74 Å². The number of aromatic nitrogens is 2. The third-order valence-corrected chi connectivity index (χ3v) is 8.65. The Balaban J connectivity index is 1.38. The van der Waals surface area contributed by atoms with Crippen molar-refractivity contribution < 1.29 is 13.2 Å². The molecule has 30 heavy (non-hydrogen) atoms. The summed E-state index contributed by atoms with van der Waals surface area (Å²) < 4.78 is 32.0. The van der Waals surface area contributed by atoms with E-state index in [1.807, 2.05) is 0 Å². The molecule has 0 atom stereocenters. The first kappa shape index (κ1) is 21.5. The Kier molecular flexibility index (Phi) is 6.84. The average molecular weight is 462 g/mol. The molecule has 158 valence electrons. The molecule has 1 aliphatic heterocycles. The van der Waals surface area contributed by atoms with Crippen LogP contribution in [0.5, 0.6) is 0 Å². The molecule has 0 saturated carbocycles. The molecule has 0 spiro atoms. The maximum atomic E-state index is 12.7. The largest absolute Gasteiger partial charge is 0.379 e. The van der Waals surface area contributed by atoms with Gasteiger partial charge in [-0.15, -0.1) is 23.1 Å². The van der Waals surface area contributed by atoms with E-state index < -0.39 is 10.0 Å². The summed E-state index contributed by atoms with van der Waals surface area (Å²) in [4.78, 5) is 9.29. The van der Waals surface area contributed by atoms with Gasteiger partial charge in [-0.1, -0.05) is 31.2 Å². The quantitative estimate of drug-likeness (QED) is 0.494.